The Kier molecular flexibility index (Phi) is 12.1. The number of hydrogen-bond acceptors (Lipinski definition) is 6. The van der Waals surface area contributed by atoms with E-state index >= 15 is 0 Å². The van der Waals surface area contributed by atoms with Crippen LogP contribution in [0.25, 0.3) is 0 Å². The molecule has 0 aromatic heterocycles. The molecule has 2 amide bonds. The van der Waals surface area contributed by atoms with Gasteiger partial charge in [0.05, 0.1) is 34.8 Å². The van der Waals surface area contributed by atoms with Crippen LogP contribution in [0.3, 0.4) is 0 Å². The highest BCUT2D eigenvalue weighted by molar-refractivity contribution is 7.92. The lowest BCUT2D eigenvalue weighted by Gasteiger charge is -2.34. The lowest BCUT2D eigenvalue weighted by atomic mass is 10.0. The average molecular weight is 699 g/mol. The summed E-state index contributed by atoms with van der Waals surface area (Å²) in [4.78, 5) is 29.8. The van der Waals surface area contributed by atoms with Gasteiger partial charge in [0.1, 0.15) is 24.1 Å². The second-order valence-corrected chi connectivity index (χ2v) is 13.7. The minimum absolute atomic E-state index is 0.0351. The fourth-order valence-electron chi connectivity index (χ4n) is 4.99. The van der Waals surface area contributed by atoms with E-state index in [1.807, 2.05) is 44.2 Å². The molecule has 4 aromatic carbocycles. The highest BCUT2D eigenvalue weighted by Gasteiger charge is 2.36. The first-order chi connectivity index (χ1) is 22.4. The Labute approximate surface area is 286 Å². The fraction of sp³-hybridized carbons (Fsp3) is 0.257. The zero-order chi connectivity index (χ0) is 34.1. The first-order valence-electron chi connectivity index (χ1n) is 14.8. The van der Waals surface area contributed by atoms with E-state index in [0.717, 1.165) is 9.87 Å². The molecule has 47 heavy (non-hydrogen) atoms. The van der Waals surface area contributed by atoms with Crippen molar-refractivity contribution in [1.29, 1.82) is 0 Å². The van der Waals surface area contributed by atoms with Crippen molar-refractivity contribution in [2.24, 2.45) is 0 Å². The number of ether oxygens (including phenoxy) is 2. The molecule has 0 spiro atoms. The highest BCUT2D eigenvalue weighted by atomic mass is 35.5. The van der Waals surface area contributed by atoms with Crippen molar-refractivity contribution in [1.82, 2.24) is 10.2 Å². The van der Waals surface area contributed by atoms with Crippen LogP contribution < -0.4 is 19.1 Å². The second-order valence-electron chi connectivity index (χ2n) is 11.0. The van der Waals surface area contributed by atoms with E-state index in [1.54, 1.807) is 48.5 Å². The molecule has 1 unspecified atom stereocenters. The number of nitrogens with zero attached hydrogens (tertiary/aromatic N) is 2. The third kappa shape index (κ3) is 8.97. The first kappa shape index (κ1) is 35.6. The molecule has 0 aliphatic rings. The van der Waals surface area contributed by atoms with Crippen LogP contribution in [0, 0.1) is 0 Å². The summed E-state index contributed by atoms with van der Waals surface area (Å²) in [6.45, 7) is 2.92. The molecule has 4 aromatic rings. The summed E-state index contributed by atoms with van der Waals surface area (Å²) in [6, 6.07) is 25.4. The molecule has 0 heterocycles. The van der Waals surface area contributed by atoms with E-state index in [-0.39, 0.29) is 40.4 Å². The minimum atomic E-state index is -4.34. The number of amides is 2. The normalized spacial score (nSPS) is 11.9. The van der Waals surface area contributed by atoms with Crippen LogP contribution in [-0.4, -0.2) is 58.0 Å². The van der Waals surface area contributed by atoms with Gasteiger partial charge in [-0.15, -0.1) is 0 Å². The molecule has 0 bridgehead atoms. The molecule has 12 heteroatoms. The lowest BCUT2D eigenvalue weighted by Crippen LogP contribution is -2.54. The molecule has 248 valence electrons. The van der Waals surface area contributed by atoms with Crippen LogP contribution in [0.2, 0.25) is 10.0 Å². The molecule has 0 fully saturated rings. The number of carbonyl (C=O) groups excluding carboxylic acids is 2. The molecular weight excluding hydrogens is 661 g/mol. The van der Waals surface area contributed by atoms with Gasteiger partial charge >= 0.3 is 0 Å². The van der Waals surface area contributed by atoms with Crippen molar-refractivity contribution in [3.05, 3.63) is 118 Å². The van der Waals surface area contributed by atoms with Gasteiger partial charge in [0, 0.05) is 25.1 Å². The van der Waals surface area contributed by atoms with E-state index in [4.69, 9.17) is 32.7 Å². The van der Waals surface area contributed by atoms with Gasteiger partial charge in [-0.25, -0.2) is 8.42 Å². The summed E-state index contributed by atoms with van der Waals surface area (Å²) >= 11 is 12.5. The van der Waals surface area contributed by atoms with Gasteiger partial charge in [-0.3, -0.25) is 13.9 Å². The van der Waals surface area contributed by atoms with Crippen molar-refractivity contribution in [3.63, 3.8) is 0 Å². The average Bonchev–Trinajstić information content (AvgIpc) is 3.06. The number of anilines is 1. The van der Waals surface area contributed by atoms with Crippen LogP contribution >= 0.6 is 23.2 Å². The van der Waals surface area contributed by atoms with E-state index in [2.05, 4.69) is 5.32 Å². The van der Waals surface area contributed by atoms with E-state index in [1.165, 1.54) is 37.3 Å². The topological polar surface area (TPSA) is 105 Å². The number of rotatable bonds is 14. The SMILES string of the molecule is COc1ccc(OC)c(N(CC(=O)N(Cc2ccc(Cl)c(Cl)c2)C(Cc2ccccc2)C(=O)NC(C)C)S(=O)(=O)c2ccccc2)c1. The summed E-state index contributed by atoms with van der Waals surface area (Å²) in [6.07, 6.45) is 0.167. The molecule has 0 saturated carbocycles. The van der Waals surface area contributed by atoms with Gasteiger partial charge in [0.15, 0.2) is 0 Å². The van der Waals surface area contributed by atoms with Gasteiger partial charge in [0.2, 0.25) is 11.8 Å². The van der Waals surface area contributed by atoms with Gasteiger partial charge in [0.25, 0.3) is 10.0 Å². The summed E-state index contributed by atoms with van der Waals surface area (Å²) in [5, 5.41) is 3.54. The van der Waals surface area contributed by atoms with Crippen molar-refractivity contribution < 1.29 is 27.5 Å². The first-order valence-corrected chi connectivity index (χ1v) is 17.0. The monoisotopic (exact) mass is 697 g/mol. The fourth-order valence-corrected chi connectivity index (χ4v) is 6.75. The summed E-state index contributed by atoms with van der Waals surface area (Å²) in [5.74, 6) is -0.478. The summed E-state index contributed by atoms with van der Waals surface area (Å²) in [5.41, 5.74) is 1.50. The predicted octanol–water partition coefficient (Wildman–Crippen LogP) is 6.37. The number of benzene rings is 4. The maximum Gasteiger partial charge on any atom is 0.264 e. The molecule has 1 N–H and O–H groups in total. The Morgan fingerprint density at radius 2 is 1.47 bits per heavy atom. The largest absolute Gasteiger partial charge is 0.497 e. The third-order valence-corrected chi connectivity index (χ3v) is 9.82. The molecule has 9 nitrogen and oxygen atoms in total. The molecule has 0 saturated heterocycles. The maximum atomic E-state index is 14.6. The molecule has 0 aliphatic heterocycles. The number of hydrogen-bond donors (Lipinski definition) is 1. The zero-order valence-electron chi connectivity index (χ0n) is 26.5. The minimum Gasteiger partial charge on any atom is -0.497 e. The van der Waals surface area contributed by atoms with Crippen molar-refractivity contribution in [2.45, 2.75) is 43.8 Å². The molecule has 1 atom stereocenters. The maximum absolute atomic E-state index is 14.6. The summed E-state index contributed by atoms with van der Waals surface area (Å²) < 4.78 is 40.5. The number of sulfonamides is 1. The van der Waals surface area contributed by atoms with Crippen LogP contribution in [0.1, 0.15) is 25.0 Å². The van der Waals surface area contributed by atoms with Gasteiger partial charge in [-0.05, 0) is 61.4 Å². The Morgan fingerprint density at radius 3 is 2.06 bits per heavy atom. The van der Waals surface area contributed by atoms with Crippen molar-refractivity contribution in [2.75, 3.05) is 25.1 Å². The number of carbonyl (C=O) groups is 2. The van der Waals surface area contributed by atoms with Crippen LogP contribution in [0.15, 0.2) is 102 Å². The second kappa shape index (κ2) is 16.0. The Morgan fingerprint density at radius 1 is 0.809 bits per heavy atom. The Hall–Kier alpha value is -4.25. The number of nitrogens with one attached hydrogen (secondary N) is 1. The molecule has 4 rings (SSSR count). The third-order valence-electron chi connectivity index (χ3n) is 7.30. The van der Waals surface area contributed by atoms with Gasteiger partial charge < -0.3 is 19.7 Å². The lowest BCUT2D eigenvalue weighted by molar-refractivity contribution is -0.140. The summed E-state index contributed by atoms with van der Waals surface area (Å²) in [7, 11) is -1.48. The van der Waals surface area contributed by atoms with Gasteiger partial charge in [-0.1, -0.05) is 77.8 Å². The van der Waals surface area contributed by atoms with Crippen LogP contribution in [0.5, 0.6) is 11.5 Å². The predicted molar refractivity (Wildman–Crippen MR) is 185 cm³/mol. The molecule has 0 radical (unpaired) electrons. The van der Waals surface area contributed by atoms with Crippen LogP contribution in [0.4, 0.5) is 5.69 Å². The molecular formula is C35H37Cl2N3O6S. The van der Waals surface area contributed by atoms with E-state index in [0.29, 0.717) is 16.3 Å². The van der Waals surface area contributed by atoms with Gasteiger partial charge in [-0.2, -0.15) is 0 Å². The van der Waals surface area contributed by atoms with Crippen molar-refractivity contribution >= 4 is 50.7 Å². The smallest absolute Gasteiger partial charge is 0.264 e. The van der Waals surface area contributed by atoms with Crippen LogP contribution in [-0.2, 0) is 32.6 Å². The quantitative estimate of drug-likeness (QED) is 0.164. The Bertz CT molecular complexity index is 1790. The van der Waals surface area contributed by atoms with E-state index < -0.39 is 34.4 Å². The zero-order valence-corrected chi connectivity index (χ0v) is 28.9. The Balaban J connectivity index is 1.87. The standard InChI is InChI=1S/C35H37Cl2N3O6S/c1-24(2)38-35(42)32(20-25-11-7-5-8-12-25)39(22-26-15-17-29(36)30(37)19-26)34(41)23-40(47(43,44)28-13-9-6-10-14-28)31-21-27(45-3)16-18-33(31)46-4/h5-19,21,24,32H,20,22-23H2,1-4H3,(H,38,42). The highest BCUT2D eigenvalue weighted by Crippen LogP contribution is 2.36. The number of halogens is 2. The number of methoxy groups -OCH3 is 2. The van der Waals surface area contributed by atoms with E-state index in [9.17, 15) is 18.0 Å². The molecule has 0 aliphatic carbocycles. The van der Waals surface area contributed by atoms with Crippen molar-refractivity contribution in [3.8, 4) is 11.5 Å².